The lowest BCUT2D eigenvalue weighted by Gasteiger charge is -2.18. The van der Waals surface area contributed by atoms with Crippen molar-refractivity contribution < 1.29 is 15.0 Å². The SMILES string of the molecule is O=C(N[C@@H]1c2ccccc2C[C@@H]1O)c1ccc(Br)c(O)c1. The Kier molecular flexibility index (Phi) is 3.69. The van der Waals surface area contributed by atoms with E-state index in [1.807, 2.05) is 24.3 Å². The number of aliphatic hydroxyl groups excluding tert-OH is 1. The van der Waals surface area contributed by atoms with Gasteiger partial charge in [0.25, 0.3) is 5.91 Å². The fourth-order valence-corrected chi connectivity index (χ4v) is 2.87. The van der Waals surface area contributed by atoms with E-state index in [4.69, 9.17) is 0 Å². The molecule has 0 saturated heterocycles. The maximum Gasteiger partial charge on any atom is 0.251 e. The van der Waals surface area contributed by atoms with E-state index in [-0.39, 0.29) is 11.7 Å². The molecule has 0 aliphatic heterocycles. The first-order chi connectivity index (χ1) is 10.1. The highest BCUT2D eigenvalue weighted by Gasteiger charge is 2.32. The third kappa shape index (κ3) is 2.66. The molecule has 0 unspecified atom stereocenters. The van der Waals surface area contributed by atoms with Gasteiger partial charge in [0, 0.05) is 12.0 Å². The van der Waals surface area contributed by atoms with Gasteiger partial charge in [-0.1, -0.05) is 24.3 Å². The van der Waals surface area contributed by atoms with Gasteiger partial charge in [-0.15, -0.1) is 0 Å². The molecule has 2 aromatic carbocycles. The summed E-state index contributed by atoms with van der Waals surface area (Å²) in [5.41, 5.74) is 2.35. The largest absolute Gasteiger partial charge is 0.507 e. The number of halogens is 1. The minimum absolute atomic E-state index is 0.00928. The molecule has 2 atom stereocenters. The second kappa shape index (κ2) is 5.50. The lowest BCUT2D eigenvalue weighted by atomic mass is 10.1. The molecule has 108 valence electrons. The predicted octanol–water partition coefficient (Wildman–Crippen LogP) is 2.54. The molecule has 1 aliphatic carbocycles. The van der Waals surface area contributed by atoms with E-state index in [1.54, 1.807) is 12.1 Å². The summed E-state index contributed by atoms with van der Waals surface area (Å²) in [6, 6.07) is 11.9. The van der Waals surface area contributed by atoms with Crippen molar-refractivity contribution in [1.29, 1.82) is 0 Å². The normalized spacial score (nSPS) is 20.1. The van der Waals surface area contributed by atoms with Gasteiger partial charge in [-0.25, -0.2) is 0 Å². The van der Waals surface area contributed by atoms with Crippen LogP contribution in [0.25, 0.3) is 0 Å². The summed E-state index contributed by atoms with van der Waals surface area (Å²) in [5, 5.41) is 22.6. The average molecular weight is 348 g/mol. The first kappa shape index (κ1) is 14.1. The van der Waals surface area contributed by atoms with Crippen LogP contribution in [0.5, 0.6) is 5.75 Å². The van der Waals surface area contributed by atoms with Crippen LogP contribution in [-0.2, 0) is 6.42 Å². The number of fused-ring (bicyclic) bond motifs is 1. The highest BCUT2D eigenvalue weighted by molar-refractivity contribution is 9.10. The van der Waals surface area contributed by atoms with Crippen LogP contribution in [0.15, 0.2) is 46.9 Å². The Balaban J connectivity index is 1.83. The topological polar surface area (TPSA) is 69.6 Å². The van der Waals surface area contributed by atoms with Crippen molar-refractivity contribution in [3.05, 3.63) is 63.6 Å². The van der Waals surface area contributed by atoms with Crippen LogP contribution in [0.3, 0.4) is 0 Å². The predicted molar refractivity (Wildman–Crippen MR) is 82.2 cm³/mol. The number of amides is 1. The first-order valence-electron chi connectivity index (χ1n) is 6.61. The Bertz CT molecular complexity index is 702. The number of rotatable bonds is 2. The number of hydrogen-bond acceptors (Lipinski definition) is 3. The highest BCUT2D eigenvalue weighted by atomic mass is 79.9. The molecule has 4 nitrogen and oxygen atoms in total. The molecule has 0 spiro atoms. The Morgan fingerprint density at radius 1 is 1.24 bits per heavy atom. The van der Waals surface area contributed by atoms with Crippen LogP contribution in [0, 0.1) is 0 Å². The van der Waals surface area contributed by atoms with E-state index in [0.29, 0.717) is 16.5 Å². The molecule has 0 bridgehead atoms. The van der Waals surface area contributed by atoms with Crippen LogP contribution in [0.4, 0.5) is 0 Å². The standard InChI is InChI=1S/C16H14BrNO3/c17-12-6-5-10(8-13(12)19)16(21)18-15-11-4-2-1-3-9(11)7-14(15)20/h1-6,8,14-15,19-20H,7H2,(H,18,21)/t14-,15+/m0/s1. The molecule has 5 heteroatoms. The van der Waals surface area contributed by atoms with E-state index in [9.17, 15) is 15.0 Å². The zero-order valence-electron chi connectivity index (χ0n) is 11.1. The summed E-state index contributed by atoms with van der Waals surface area (Å²) in [4.78, 5) is 12.3. The molecule has 0 heterocycles. The molecule has 0 aromatic heterocycles. The third-order valence-corrected chi connectivity index (χ3v) is 4.37. The molecule has 3 N–H and O–H groups in total. The number of carbonyl (C=O) groups is 1. The molecule has 3 rings (SSSR count). The summed E-state index contributed by atoms with van der Waals surface area (Å²) < 4.78 is 0.533. The summed E-state index contributed by atoms with van der Waals surface area (Å²) in [7, 11) is 0. The Morgan fingerprint density at radius 2 is 2.00 bits per heavy atom. The number of phenols is 1. The van der Waals surface area contributed by atoms with Crippen LogP contribution >= 0.6 is 15.9 Å². The number of aromatic hydroxyl groups is 1. The van der Waals surface area contributed by atoms with Crippen molar-refractivity contribution in [2.45, 2.75) is 18.6 Å². The van der Waals surface area contributed by atoms with Crippen molar-refractivity contribution >= 4 is 21.8 Å². The molecule has 0 radical (unpaired) electrons. The number of aliphatic hydroxyl groups is 1. The quantitative estimate of drug-likeness (QED) is 0.781. The minimum atomic E-state index is -0.629. The zero-order chi connectivity index (χ0) is 15.0. The maximum absolute atomic E-state index is 12.3. The highest BCUT2D eigenvalue weighted by Crippen LogP contribution is 2.32. The number of carbonyl (C=O) groups excluding carboxylic acids is 1. The van der Waals surface area contributed by atoms with E-state index in [1.165, 1.54) is 6.07 Å². The summed E-state index contributed by atoms with van der Waals surface area (Å²) >= 11 is 3.18. The molecular formula is C16H14BrNO3. The lowest BCUT2D eigenvalue weighted by molar-refractivity contribution is 0.0858. The lowest BCUT2D eigenvalue weighted by Crippen LogP contribution is -2.33. The van der Waals surface area contributed by atoms with Gasteiger partial charge in [0.15, 0.2) is 0 Å². The number of benzene rings is 2. The van der Waals surface area contributed by atoms with E-state index in [0.717, 1.165) is 11.1 Å². The van der Waals surface area contributed by atoms with Crippen LogP contribution < -0.4 is 5.32 Å². The van der Waals surface area contributed by atoms with Gasteiger partial charge in [0.05, 0.1) is 16.6 Å². The summed E-state index contributed by atoms with van der Waals surface area (Å²) in [5.74, 6) is -0.312. The number of hydrogen-bond donors (Lipinski definition) is 3. The van der Waals surface area contributed by atoms with Gasteiger partial charge in [-0.05, 0) is 45.3 Å². The van der Waals surface area contributed by atoms with Crippen molar-refractivity contribution in [3.63, 3.8) is 0 Å². The third-order valence-electron chi connectivity index (χ3n) is 3.70. The summed E-state index contributed by atoms with van der Waals surface area (Å²) in [6.45, 7) is 0. The van der Waals surface area contributed by atoms with Gasteiger partial charge >= 0.3 is 0 Å². The van der Waals surface area contributed by atoms with Crippen LogP contribution in [0.2, 0.25) is 0 Å². The van der Waals surface area contributed by atoms with Gasteiger partial charge in [-0.3, -0.25) is 4.79 Å². The monoisotopic (exact) mass is 347 g/mol. The fourth-order valence-electron chi connectivity index (χ4n) is 2.63. The van der Waals surface area contributed by atoms with E-state index >= 15 is 0 Å². The Labute approximate surface area is 130 Å². The molecular weight excluding hydrogens is 334 g/mol. The van der Waals surface area contributed by atoms with Crippen molar-refractivity contribution in [2.24, 2.45) is 0 Å². The molecule has 1 amide bonds. The fraction of sp³-hybridized carbons (Fsp3) is 0.188. The van der Waals surface area contributed by atoms with Gasteiger partial charge in [-0.2, -0.15) is 0 Å². The number of nitrogens with one attached hydrogen (secondary N) is 1. The molecule has 0 saturated carbocycles. The minimum Gasteiger partial charge on any atom is -0.507 e. The molecule has 0 fully saturated rings. The molecule has 21 heavy (non-hydrogen) atoms. The molecule has 1 aliphatic rings. The second-order valence-electron chi connectivity index (χ2n) is 5.09. The van der Waals surface area contributed by atoms with Crippen molar-refractivity contribution in [1.82, 2.24) is 5.32 Å². The molecule has 2 aromatic rings. The van der Waals surface area contributed by atoms with Gasteiger partial charge in [0.2, 0.25) is 0 Å². The van der Waals surface area contributed by atoms with Gasteiger partial charge < -0.3 is 15.5 Å². The maximum atomic E-state index is 12.3. The van der Waals surface area contributed by atoms with E-state index in [2.05, 4.69) is 21.2 Å². The van der Waals surface area contributed by atoms with Crippen molar-refractivity contribution in [2.75, 3.05) is 0 Å². The Morgan fingerprint density at radius 3 is 2.76 bits per heavy atom. The van der Waals surface area contributed by atoms with Crippen LogP contribution in [-0.4, -0.2) is 22.2 Å². The van der Waals surface area contributed by atoms with E-state index < -0.39 is 12.1 Å². The van der Waals surface area contributed by atoms with Gasteiger partial charge in [0.1, 0.15) is 5.75 Å². The Hall–Kier alpha value is -1.85. The average Bonchev–Trinajstić information content (AvgIpc) is 2.78. The second-order valence-corrected chi connectivity index (χ2v) is 5.94. The number of phenolic OH excluding ortho intramolecular Hbond substituents is 1. The van der Waals surface area contributed by atoms with Crippen molar-refractivity contribution in [3.8, 4) is 5.75 Å². The van der Waals surface area contributed by atoms with Crippen LogP contribution in [0.1, 0.15) is 27.5 Å². The first-order valence-corrected chi connectivity index (χ1v) is 7.41. The summed E-state index contributed by atoms with van der Waals surface area (Å²) in [6.07, 6.45) is -0.0948. The zero-order valence-corrected chi connectivity index (χ0v) is 12.7. The smallest absolute Gasteiger partial charge is 0.251 e.